The molecule has 10 heteroatoms. The molecule has 27 heavy (non-hydrogen) atoms. The maximum Gasteiger partial charge on any atom is 0.152 e. The van der Waals surface area contributed by atoms with Gasteiger partial charge in [0.05, 0.1) is 40.8 Å². The number of hydrogen-bond acceptors (Lipinski definition) is 7. The van der Waals surface area contributed by atoms with Gasteiger partial charge in [-0.3, -0.25) is 15.3 Å². The maximum absolute atomic E-state index is 12.1. The molecule has 1 saturated heterocycles. The predicted molar refractivity (Wildman–Crippen MR) is 106 cm³/mol. The summed E-state index contributed by atoms with van der Waals surface area (Å²) in [5, 5.41) is 4.20. The van der Waals surface area contributed by atoms with Crippen LogP contribution in [0.2, 0.25) is 5.02 Å². The molecule has 0 aliphatic carbocycles. The number of sulfone groups is 1. The summed E-state index contributed by atoms with van der Waals surface area (Å²) in [6, 6.07) is 1.87. The molecule has 8 nitrogen and oxygen atoms in total. The number of hydrazine groups is 2. The Kier molecular flexibility index (Phi) is 4.79. The molecule has 0 aromatic carbocycles. The lowest BCUT2D eigenvalue weighted by Crippen LogP contribution is -2.42. The monoisotopic (exact) mass is 410 g/mol. The van der Waals surface area contributed by atoms with E-state index in [1.165, 1.54) is 0 Å². The quantitative estimate of drug-likeness (QED) is 0.769. The third-order valence-electron chi connectivity index (χ3n) is 5.20. The van der Waals surface area contributed by atoms with Crippen molar-refractivity contribution < 1.29 is 8.42 Å². The van der Waals surface area contributed by atoms with E-state index in [4.69, 9.17) is 17.4 Å². The lowest BCUT2D eigenvalue weighted by molar-refractivity contribution is 0.0158. The molecule has 2 aromatic heterocycles. The molecule has 0 amide bonds. The Morgan fingerprint density at radius 3 is 2.85 bits per heavy atom. The van der Waals surface area contributed by atoms with Gasteiger partial charge in [-0.2, -0.15) is 5.12 Å². The molecule has 0 bridgehead atoms. The van der Waals surface area contributed by atoms with Crippen LogP contribution in [0.1, 0.15) is 24.9 Å². The average Bonchev–Trinajstić information content (AvgIpc) is 3.23. The van der Waals surface area contributed by atoms with Crippen molar-refractivity contribution in [1.29, 1.82) is 0 Å². The summed E-state index contributed by atoms with van der Waals surface area (Å²) in [5.41, 5.74) is 1.78. The highest BCUT2D eigenvalue weighted by Gasteiger charge is 2.29. The molecular weight excluding hydrogens is 388 g/mol. The normalized spacial score (nSPS) is 21.7. The minimum atomic E-state index is -3.01. The molecule has 1 fully saturated rings. The summed E-state index contributed by atoms with van der Waals surface area (Å²) in [4.78, 5) is 6.38. The number of rotatable bonds is 3. The number of nitrogens with zero attached hydrogens (tertiary/aromatic N) is 5. The highest BCUT2D eigenvalue weighted by molar-refractivity contribution is 7.91. The molecule has 1 atom stereocenters. The highest BCUT2D eigenvalue weighted by Crippen LogP contribution is 2.36. The van der Waals surface area contributed by atoms with Crippen molar-refractivity contribution in [1.82, 2.24) is 19.5 Å². The lowest BCUT2D eigenvalue weighted by Gasteiger charge is -2.35. The third-order valence-corrected chi connectivity index (χ3v) is 7.22. The van der Waals surface area contributed by atoms with Gasteiger partial charge in [0.15, 0.2) is 9.84 Å². The fourth-order valence-electron chi connectivity index (χ4n) is 3.78. The van der Waals surface area contributed by atoms with E-state index >= 15 is 0 Å². The van der Waals surface area contributed by atoms with Gasteiger partial charge < -0.3 is 4.90 Å². The maximum atomic E-state index is 12.1. The molecule has 2 aromatic rings. The van der Waals surface area contributed by atoms with Crippen LogP contribution in [0.4, 0.5) is 5.82 Å². The van der Waals surface area contributed by atoms with Crippen LogP contribution in [-0.4, -0.2) is 59.1 Å². The number of imidazole rings is 1. The number of fused-ring (bicyclic) bond motifs is 1. The van der Waals surface area contributed by atoms with Gasteiger partial charge in [0, 0.05) is 24.9 Å². The Hall–Kier alpha value is -1.81. The molecule has 2 aliphatic rings. The Balaban J connectivity index is 1.83. The lowest BCUT2D eigenvalue weighted by atomic mass is 10.1. The summed E-state index contributed by atoms with van der Waals surface area (Å²) < 4.78 is 26.1. The van der Waals surface area contributed by atoms with Crippen LogP contribution in [-0.2, 0) is 9.84 Å². The number of halogens is 1. The fraction of sp³-hybridized carbons (Fsp3) is 0.471. The highest BCUT2D eigenvalue weighted by atomic mass is 35.5. The van der Waals surface area contributed by atoms with E-state index in [2.05, 4.69) is 16.8 Å². The minimum Gasteiger partial charge on any atom is -0.356 e. The number of nitrogens with two attached hydrogens (primary N) is 1. The van der Waals surface area contributed by atoms with Gasteiger partial charge in [0.1, 0.15) is 12.1 Å². The van der Waals surface area contributed by atoms with Crippen LogP contribution in [0.25, 0.3) is 5.52 Å². The Bertz CT molecular complexity index is 989. The van der Waals surface area contributed by atoms with E-state index in [0.717, 1.165) is 16.9 Å². The van der Waals surface area contributed by atoms with E-state index in [9.17, 15) is 8.42 Å². The van der Waals surface area contributed by atoms with Crippen molar-refractivity contribution in [2.45, 2.75) is 19.4 Å². The van der Waals surface area contributed by atoms with Gasteiger partial charge in [0.2, 0.25) is 0 Å². The largest absolute Gasteiger partial charge is 0.356 e. The van der Waals surface area contributed by atoms with Crippen LogP contribution in [0.15, 0.2) is 30.9 Å². The molecule has 146 valence electrons. The molecule has 0 radical (unpaired) electrons. The van der Waals surface area contributed by atoms with Gasteiger partial charge in [-0.1, -0.05) is 11.6 Å². The van der Waals surface area contributed by atoms with Crippen molar-refractivity contribution >= 4 is 32.8 Å². The first-order chi connectivity index (χ1) is 12.9. The zero-order valence-electron chi connectivity index (χ0n) is 15.1. The van der Waals surface area contributed by atoms with E-state index in [0.29, 0.717) is 31.1 Å². The van der Waals surface area contributed by atoms with Gasteiger partial charge in [-0.05, 0) is 25.5 Å². The third kappa shape index (κ3) is 3.40. The van der Waals surface area contributed by atoms with Crippen molar-refractivity contribution in [2.24, 2.45) is 5.84 Å². The summed E-state index contributed by atoms with van der Waals surface area (Å²) in [5.74, 6) is 7.38. The van der Waals surface area contributed by atoms with E-state index in [-0.39, 0.29) is 17.5 Å². The van der Waals surface area contributed by atoms with Crippen LogP contribution in [0.5, 0.6) is 0 Å². The Morgan fingerprint density at radius 1 is 1.30 bits per heavy atom. The van der Waals surface area contributed by atoms with Crippen LogP contribution in [0, 0.1) is 0 Å². The van der Waals surface area contributed by atoms with Gasteiger partial charge in [0.25, 0.3) is 0 Å². The van der Waals surface area contributed by atoms with Gasteiger partial charge in [-0.15, -0.1) is 0 Å². The summed E-state index contributed by atoms with van der Waals surface area (Å²) in [6.45, 7) is 3.81. The second-order valence-corrected chi connectivity index (χ2v) is 9.69. The zero-order chi connectivity index (χ0) is 19.2. The predicted octanol–water partition coefficient (Wildman–Crippen LogP) is 1.59. The fourth-order valence-corrected chi connectivity index (χ4v) is 5.31. The molecule has 0 saturated carbocycles. The second-order valence-electron chi connectivity index (χ2n) is 6.98. The average molecular weight is 411 g/mol. The van der Waals surface area contributed by atoms with E-state index in [1.54, 1.807) is 17.6 Å². The standard InChI is InChI=1S/C17H23ClN6O2S/c1-13(23-5-2-6-24(23)19)14-10-15(18)16-11-20-12-22(16)17(14)21-4-3-8-27(25,26)9-7-21/h2,5,10-13H,3-4,6-9,19H2,1H3. The van der Waals surface area contributed by atoms with Crippen LogP contribution >= 0.6 is 11.6 Å². The molecular formula is C17H23ClN6O2S. The van der Waals surface area contributed by atoms with Crippen molar-refractivity contribution in [3.63, 3.8) is 0 Å². The molecule has 2 aliphatic heterocycles. The second kappa shape index (κ2) is 6.97. The summed E-state index contributed by atoms with van der Waals surface area (Å²) >= 11 is 6.52. The van der Waals surface area contributed by atoms with Crippen LogP contribution < -0.4 is 10.7 Å². The number of anilines is 1. The zero-order valence-corrected chi connectivity index (χ0v) is 16.7. The van der Waals surface area contributed by atoms with E-state index in [1.807, 2.05) is 27.8 Å². The van der Waals surface area contributed by atoms with Crippen LogP contribution in [0.3, 0.4) is 0 Å². The number of hydrogen-bond donors (Lipinski definition) is 1. The summed E-state index contributed by atoms with van der Waals surface area (Å²) in [6.07, 6.45) is 7.99. The van der Waals surface area contributed by atoms with Gasteiger partial charge >= 0.3 is 0 Å². The first-order valence-corrected chi connectivity index (χ1v) is 11.1. The first-order valence-electron chi connectivity index (χ1n) is 8.94. The SMILES string of the molecule is CC(c1cc(Cl)c2cncn2c1N1CCCS(=O)(=O)CC1)N1C=CCN1N. The van der Waals surface area contributed by atoms with Crippen molar-refractivity contribution in [3.05, 3.63) is 41.5 Å². The molecule has 4 rings (SSSR count). The first kappa shape index (κ1) is 18.5. The number of aromatic nitrogens is 2. The summed E-state index contributed by atoms with van der Waals surface area (Å²) in [7, 11) is -3.01. The minimum absolute atomic E-state index is 0.0760. The van der Waals surface area contributed by atoms with E-state index < -0.39 is 9.84 Å². The number of pyridine rings is 1. The molecule has 0 spiro atoms. The topological polar surface area (TPSA) is 87.2 Å². The Labute approximate surface area is 163 Å². The van der Waals surface area contributed by atoms with Crippen molar-refractivity contribution in [3.8, 4) is 0 Å². The molecule has 2 N–H and O–H groups in total. The molecule has 1 unspecified atom stereocenters. The van der Waals surface area contributed by atoms with Gasteiger partial charge in [-0.25, -0.2) is 13.4 Å². The smallest absolute Gasteiger partial charge is 0.152 e. The Morgan fingerprint density at radius 2 is 2.11 bits per heavy atom. The molecule has 4 heterocycles. The van der Waals surface area contributed by atoms with Crippen molar-refractivity contribution in [2.75, 3.05) is 36.0 Å².